The summed E-state index contributed by atoms with van der Waals surface area (Å²) in [5.41, 5.74) is 3.56. The molecule has 0 saturated carbocycles. The lowest BCUT2D eigenvalue weighted by Gasteiger charge is -2.12. The van der Waals surface area contributed by atoms with Crippen molar-refractivity contribution in [2.24, 2.45) is 5.16 Å². The molecular weight excluding hydrogens is 358 g/mol. The van der Waals surface area contributed by atoms with Gasteiger partial charge in [-0.3, -0.25) is 0 Å². The van der Waals surface area contributed by atoms with Crippen molar-refractivity contribution >= 4 is 5.71 Å². The lowest BCUT2D eigenvalue weighted by molar-refractivity contribution is 0.213. The lowest BCUT2D eigenvalue weighted by Crippen LogP contribution is -2.20. The highest BCUT2D eigenvalue weighted by atomic mass is 16.4. The van der Waals surface area contributed by atoms with Gasteiger partial charge in [0.1, 0.15) is 0 Å². The number of nitrogens with zero attached hydrogens (tertiary/aromatic N) is 1. The van der Waals surface area contributed by atoms with E-state index in [2.05, 4.69) is 29.4 Å². The van der Waals surface area contributed by atoms with Gasteiger partial charge in [-0.1, -0.05) is 100 Å². The van der Waals surface area contributed by atoms with Crippen LogP contribution in [0.15, 0.2) is 29.4 Å². The Balaban J connectivity index is 1.75. The van der Waals surface area contributed by atoms with E-state index in [1.807, 2.05) is 0 Å². The third kappa shape index (κ3) is 10.8. The summed E-state index contributed by atoms with van der Waals surface area (Å²) < 4.78 is 0. The van der Waals surface area contributed by atoms with Gasteiger partial charge >= 0.3 is 0 Å². The molecule has 164 valence electrons. The van der Waals surface area contributed by atoms with Crippen molar-refractivity contribution in [2.75, 3.05) is 0 Å². The predicted octanol–water partition coefficient (Wildman–Crippen LogP) is 7.22. The fourth-order valence-electron chi connectivity index (χ4n) is 4.39. The average Bonchev–Trinajstić information content (AvgIpc) is 2.74. The third-order valence-electron chi connectivity index (χ3n) is 6.38. The molecule has 0 aromatic heterocycles. The van der Waals surface area contributed by atoms with Crippen molar-refractivity contribution in [3.05, 3.63) is 35.4 Å². The zero-order valence-corrected chi connectivity index (χ0v) is 18.5. The molecule has 1 unspecified atom stereocenters. The summed E-state index contributed by atoms with van der Waals surface area (Å²) in [6, 6.07) is 9.34. The zero-order valence-electron chi connectivity index (χ0n) is 18.5. The van der Waals surface area contributed by atoms with Crippen molar-refractivity contribution in [3.8, 4) is 0 Å². The molecule has 3 rings (SSSR count). The first-order valence-corrected chi connectivity index (χ1v) is 12.3. The summed E-state index contributed by atoms with van der Waals surface area (Å²) in [5.74, 6) is 0. The van der Waals surface area contributed by atoms with Gasteiger partial charge in [0.05, 0.1) is 11.8 Å². The van der Waals surface area contributed by atoms with E-state index < -0.39 is 6.10 Å². The van der Waals surface area contributed by atoms with E-state index in [0.717, 1.165) is 38.5 Å². The van der Waals surface area contributed by atoms with Crippen LogP contribution in [0.3, 0.4) is 0 Å². The Morgan fingerprint density at radius 2 is 0.931 bits per heavy atom. The minimum absolute atomic E-state index is 0.559. The molecule has 0 heterocycles. The second-order valence-corrected chi connectivity index (χ2v) is 8.91. The Bertz CT molecular complexity index is 552. The summed E-state index contributed by atoms with van der Waals surface area (Å²) in [4.78, 5) is 0. The van der Waals surface area contributed by atoms with Gasteiger partial charge in [0.15, 0.2) is 0 Å². The van der Waals surface area contributed by atoms with Crippen LogP contribution in [0.2, 0.25) is 0 Å². The Morgan fingerprint density at radius 3 is 1.38 bits per heavy atom. The molecule has 3 nitrogen and oxygen atoms in total. The quantitative estimate of drug-likeness (QED) is 0.356. The van der Waals surface area contributed by atoms with Crippen LogP contribution in [0.5, 0.6) is 0 Å². The fraction of sp³-hybridized carbons (Fsp3) is 0.731. The highest BCUT2D eigenvalue weighted by Crippen LogP contribution is 2.16. The maximum Gasteiger partial charge on any atom is 0.0954 e. The minimum Gasteiger partial charge on any atom is -0.411 e. The molecule has 0 fully saturated rings. The first kappa shape index (κ1) is 23.9. The second-order valence-electron chi connectivity index (χ2n) is 8.91. The molecule has 0 spiro atoms. The molecule has 0 saturated heterocycles. The normalized spacial score (nSPS) is 24.2. The molecular formula is C26H43NO2. The SMILES string of the molecule is ON=C1CCCCCCCCCc2ccc(cc2)CCCCCCCCCC1O. The van der Waals surface area contributed by atoms with Crippen LogP contribution in [0.1, 0.15) is 114 Å². The van der Waals surface area contributed by atoms with Gasteiger partial charge in [-0.2, -0.15) is 0 Å². The molecule has 2 aliphatic carbocycles. The Kier molecular flexibility index (Phi) is 12.8. The summed E-state index contributed by atoms with van der Waals surface area (Å²) in [5, 5.41) is 22.9. The maximum atomic E-state index is 10.3. The molecule has 2 N–H and O–H groups in total. The molecule has 0 aliphatic heterocycles. The van der Waals surface area contributed by atoms with Crippen molar-refractivity contribution in [3.63, 3.8) is 0 Å². The molecule has 1 aromatic carbocycles. The monoisotopic (exact) mass is 401 g/mol. The highest BCUT2D eigenvalue weighted by Gasteiger charge is 2.13. The fourth-order valence-corrected chi connectivity index (χ4v) is 4.39. The van der Waals surface area contributed by atoms with E-state index >= 15 is 0 Å². The third-order valence-corrected chi connectivity index (χ3v) is 6.38. The van der Waals surface area contributed by atoms with Gasteiger partial charge in [-0.15, -0.1) is 0 Å². The Morgan fingerprint density at radius 1 is 0.552 bits per heavy atom. The van der Waals surface area contributed by atoms with Gasteiger partial charge in [-0.25, -0.2) is 0 Å². The van der Waals surface area contributed by atoms with Crippen LogP contribution in [-0.2, 0) is 12.8 Å². The van der Waals surface area contributed by atoms with Crippen LogP contribution in [0, 0.1) is 0 Å². The number of hydrogen-bond acceptors (Lipinski definition) is 3. The molecule has 2 bridgehead atoms. The minimum atomic E-state index is -0.559. The van der Waals surface area contributed by atoms with Gasteiger partial charge in [0.25, 0.3) is 0 Å². The Hall–Kier alpha value is -1.35. The standard InChI is InChI=1S/C26H43NO2/c28-26-18-14-10-6-2-4-8-12-16-24-21-19-23(20-22-24)15-11-7-3-1-5-9-13-17-25(26)27-29/h19-22,26,28-29H,1-18H2. The molecule has 0 radical (unpaired) electrons. The highest BCUT2D eigenvalue weighted by molar-refractivity contribution is 5.87. The number of aliphatic hydroxyl groups excluding tert-OH is 1. The topological polar surface area (TPSA) is 52.8 Å². The number of oxime groups is 1. The number of fused-ring (bicyclic) bond motifs is 21. The molecule has 1 atom stereocenters. The number of rotatable bonds is 0. The molecule has 3 heteroatoms. The van der Waals surface area contributed by atoms with E-state index in [9.17, 15) is 10.3 Å². The molecule has 0 amide bonds. The van der Waals surface area contributed by atoms with E-state index in [1.54, 1.807) is 0 Å². The van der Waals surface area contributed by atoms with Crippen LogP contribution in [0.4, 0.5) is 0 Å². The molecule has 2 aliphatic rings. The summed E-state index contributed by atoms with van der Waals surface area (Å²) in [7, 11) is 0. The molecule has 29 heavy (non-hydrogen) atoms. The largest absolute Gasteiger partial charge is 0.411 e. The lowest BCUT2D eigenvalue weighted by atomic mass is 9.98. The van der Waals surface area contributed by atoms with E-state index in [4.69, 9.17) is 0 Å². The van der Waals surface area contributed by atoms with Crippen molar-refractivity contribution in [1.82, 2.24) is 0 Å². The molecule has 1 aromatic rings. The zero-order chi connectivity index (χ0) is 20.6. The number of benzene rings is 1. The summed E-state index contributed by atoms with van der Waals surface area (Å²) in [6.45, 7) is 0. The summed E-state index contributed by atoms with van der Waals surface area (Å²) >= 11 is 0. The number of aliphatic hydroxyl groups is 1. The van der Waals surface area contributed by atoms with Gasteiger partial charge < -0.3 is 10.3 Å². The van der Waals surface area contributed by atoms with Crippen molar-refractivity contribution in [1.29, 1.82) is 0 Å². The summed E-state index contributed by atoms with van der Waals surface area (Å²) in [6.07, 6.45) is 20.5. The van der Waals surface area contributed by atoms with Crippen LogP contribution in [0.25, 0.3) is 0 Å². The smallest absolute Gasteiger partial charge is 0.0954 e. The average molecular weight is 402 g/mol. The van der Waals surface area contributed by atoms with Crippen LogP contribution < -0.4 is 0 Å². The number of hydrogen-bond donors (Lipinski definition) is 2. The second kappa shape index (κ2) is 15.5. The van der Waals surface area contributed by atoms with E-state index in [0.29, 0.717) is 5.71 Å². The van der Waals surface area contributed by atoms with Crippen molar-refractivity contribution in [2.45, 2.75) is 122 Å². The van der Waals surface area contributed by atoms with E-state index in [1.165, 1.54) is 88.2 Å². The van der Waals surface area contributed by atoms with Crippen LogP contribution >= 0.6 is 0 Å². The van der Waals surface area contributed by atoms with Gasteiger partial charge in [0.2, 0.25) is 0 Å². The van der Waals surface area contributed by atoms with Gasteiger partial charge in [0, 0.05) is 0 Å². The Labute approximate surface area is 178 Å². The van der Waals surface area contributed by atoms with E-state index in [-0.39, 0.29) is 0 Å². The van der Waals surface area contributed by atoms with Crippen molar-refractivity contribution < 1.29 is 10.3 Å². The predicted molar refractivity (Wildman–Crippen MR) is 123 cm³/mol. The number of aryl methyl sites for hydroxylation is 2. The van der Waals surface area contributed by atoms with Crippen LogP contribution in [-0.4, -0.2) is 22.1 Å². The first-order chi connectivity index (χ1) is 14.3. The maximum absolute atomic E-state index is 10.3. The first-order valence-electron chi connectivity index (χ1n) is 12.3. The van der Waals surface area contributed by atoms with Gasteiger partial charge in [-0.05, 0) is 56.1 Å².